The van der Waals surface area contributed by atoms with Crippen molar-refractivity contribution in [3.8, 4) is 5.75 Å². The summed E-state index contributed by atoms with van der Waals surface area (Å²) >= 11 is 5.84. The lowest BCUT2D eigenvalue weighted by Gasteiger charge is -2.19. The van der Waals surface area contributed by atoms with Crippen molar-refractivity contribution >= 4 is 35.0 Å². The summed E-state index contributed by atoms with van der Waals surface area (Å²) in [6.45, 7) is -1.93. The van der Waals surface area contributed by atoms with Gasteiger partial charge in [-0.25, -0.2) is 4.79 Å². The van der Waals surface area contributed by atoms with Gasteiger partial charge >= 0.3 is 12.3 Å². The van der Waals surface area contributed by atoms with Crippen molar-refractivity contribution in [2.45, 2.75) is 6.18 Å². The third-order valence-electron chi connectivity index (χ3n) is 2.31. The average molecular weight is 325 g/mol. The first-order valence-electron chi connectivity index (χ1n) is 5.51. The molecule has 2 amide bonds. The number of hydrogen-bond donors (Lipinski definition) is 2. The van der Waals surface area contributed by atoms with Gasteiger partial charge in [-0.15, -0.1) is 0 Å². The van der Waals surface area contributed by atoms with E-state index < -0.39 is 18.9 Å². The summed E-state index contributed by atoms with van der Waals surface area (Å²) in [4.78, 5) is 22.3. The lowest BCUT2D eigenvalue weighted by Crippen LogP contribution is -2.26. The predicted molar refractivity (Wildman–Crippen MR) is 66.6 cm³/mol. The van der Waals surface area contributed by atoms with Crippen molar-refractivity contribution in [3.05, 3.63) is 17.2 Å². The SMILES string of the molecule is O=C1COc2cc(NC(=O)OCC(F)(F)F)c(Cl)cc2N1. The molecule has 21 heavy (non-hydrogen) atoms. The van der Waals surface area contributed by atoms with Crippen LogP contribution >= 0.6 is 11.6 Å². The van der Waals surface area contributed by atoms with Gasteiger partial charge < -0.3 is 14.8 Å². The summed E-state index contributed by atoms with van der Waals surface area (Å²) in [6, 6.07) is 2.57. The highest BCUT2D eigenvalue weighted by Crippen LogP contribution is 2.36. The number of nitrogens with one attached hydrogen (secondary N) is 2. The van der Waals surface area contributed by atoms with Crippen LogP contribution in [-0.2, 0) is 9.53 Å². The van der Waals surface area contributed by atoms with Crippen molar-refractivity contribution < 1.29 is 32.2 Å². The third kappa shape index (κ3) is 4.15. The highest BCUT2D eigenvalue weighted by Gasteiger charge is 2.29. The van der Waals surface area contributed by atoms with Crippen LogP contribution in [0.15, 0.2) is 12.1 Å². The van der Waals surface area contributed by atoms with Crippen LogP contribution in [0.25, 0.3) is 0 Å². The molecule has 1 heterocycles. The molecule has 0 aliphatic carbocycles. The maximum atomic E-state index is 11.9. The summed E-state index contributed by atoms with van der Waals surface area (Å²) in [5.41, 5.74) is 0.296. The molecule has 0 fully saturated rings. The Kier molecular flexibility index (Phi) is 4.12. The number of alkyl halides is 3. The van der Waals surface area contributed by atoms with E-state index in [4.69, 9.17) is 16.3 Å². The lowest BCUT2D eigenvalue weighted by molar-refractivity contribution is -0.159. The second-order valence-corrected chi connectivity index (χ2v) is 4.39. The van der Waals surface area contributed by atoms with Crippen molar-refractivity contribution in [3.63, 3.8) is 0 Å². The molecule has 1 aromatic rings. The Morgan fingerprint density at radius 3 is 2.86 bits per heavy atom. The molecule has 2 rings (SSSR count). The van der Waals surface area contributed by atoms with Crippen molar-refractivity contribution in [1.82, 2.24) is 0 Å². The second kappa shape index (κ2) is 5.68. The summed E-state index contributed by atoms with van der Waals surface area (Å²) < 4.78 is 44.8. The number of carbonyl (C=O) groups is 2. The molecule has 1 aliphatic rings. The van der Waals surface area contributed by atoms with E-state index in [1.165, 1.54) is 12.1 Å². The predicted octanol–water partition coefficient (Wildman–Crippen LogP) is 2.78. The number of benzene rings is 1. The maximum Gasteiger partial charge on any atom is 0.422 e. The minimum Gasteiger partial charge on any atom is -0.482 e. The summed E-state index contributed by atoms with van der Waals surface area (Å²) in [5.74, 6) is -0.144. The summed E-state index contributed by atoms with van der Waals surface area (Å²) in [6.07, 6.45) is -5.93. The fraction of sp³-hybridized carbons (Fsp3) is 0.273. The van der Waals surface area contributed by atoms with Gasteiger partial charge in [-0.3, -0.25) is 10.1 Å². The van der Waals surface area contributed by atoms with Crippen LogP contribution in [-0.4, -0.2) is 31.4 Å². The van der Waals surface area contributed by atoms with E-state index in [0.29, 0.717) is 5.69 Å². The molecule has 0 bridgehead atoms. The molecule has 0 spiro atoms. The maximum absolute atomic E-state index is 11.9. The molecule has 0 saturated carbocycles. The van der Waals surface area contributed by atoms with Gasteiger partial charge in [-0.05, 0) is 6.07 Å². The molecule has 0 unspecified atom stereocenters. The molecule has 114 valence electrons. The van der Waals surface area contributed by atoms with Gasteiger partial charge in [0.25, 0.3) is 5.91 Å². The van der Waals surface area contributed by atoms with Crippen molar-refractivity contribution in [2.24, 2.45) is 0 Å². The van der Waals surface area contributed by atoms with E-state index in [1.807, 2.05) is 0 Å². The normalized spacial score (nSPS) is 13.8. The van der Waals surface area contributed by atoms with Gasteiger partial charge in [0.15, 0.2) is 13.2 Å². The highest BCUT2D eigenvalue weighted by atomic mass is 35.5. The van der Waals surface area contributed by atoms with Gasteiger partial charge in [-0.1, -0.05) is 11.6 Å². The number of amides is 2. The largest absolute Gasteiger partial charge is 0.482 e. The third-order valence-corrected chi connectivity index (χ3v) is 2.62. The Balaban J connectivity index is 2.07. The van der Waals surface area contributed by atoms with Gasteiger partial charge in [0, 0.05) is 6.07 Å². The fourth-order valence-electron chi connectivity index (χ4n) is 1.49. The van der Waals surface area contributed by atoms with E-state index in [1.54, 1.807) is 0 Å². The van der Waals surface area contributed by atoms with Crippen LogP contribution in [0.1, 0.15) is 0 Å². The number of ether oxygens (including phenoxy) is 2. The zero-order valence-electron chi connectivity index (χ0n) is 10.2. The smallest absolute Gasteiger partial charge is 0.422 e. The molecule has 1 aromatic carbocycles. The second-order valence-electron chi connectivity index (χ2n) is 3.98. The molecule has 0 atom stereocenters. The number of halogens is 4. The number of hydrogen-bond acceptors (Lipinski definition) is 4. The molecular weight excluding hydrogens is 317 g/mol. The topological polar surface area (TPSA) is 76.7 Å². The number of rotatable bonds is 2. The minimum atomic E-state index is -4.62. The molecule has 10 heteroatoms. The van der Waals surface area contributed by atoms with E-state index in [9.17, 15) is 22.8 Å². The quantitative estimate of drug-likeness (QED) is 0.877. The summed E-state index contributed by atoms with van der Waals surface area (Å²) in [5, 5.41) is 4.55. The van der Waals surface area contributed by atoms with Crippen molar-refractivity contribution in [2.75, 3.05) is 23.8 Å². The Morgan fingerprint density at radius 1 is 1.48 bits per heavy atom. The minimum absolute atomic E-state index is 0.00117. The Labute approximate surface area is 121 Å². The molecule has 0 saturated heterocycles. The van der Waals surface area contributed by atoms with E-state index >= 15 is 0 Å². The van der Waals surface area contributed by atoms with Gasteiger partial charge in [0.1, 0.15) is 5.75 Å². The van der Waals surface area contributed by atoms with Crippen LogP contribution in [0.3, 0.4) is 0 Å². The van der Waals surface area contributed by atoms with Gasteiger partial charge in [0.05, 0.1) is 16.4 Å². The van der Waals surface area contributed by atoms with E-state index in [-0.39, 0.29) is 29.0 Å². The zero-order valence-corrected chi connectivity index (χ0v) is 11.0. The number of carbonyl (C=O) groups excluding carboxylic acids is 2. The summed E-state index contributed by atoms with van der Waals surface area (Å²) in [7, 11) is 0. The van der Waals surface area contributed by atoms with Gasteiger partial charge in [-0.2, -0.15) is 13.2 Å². The number of anilines is 2. The van der Waals surface area contributed by atoms with Crippen LogP contribution in [0.5, 0.6) is 5.75 Å². The monoisotopic (exact) mass is 324 g/mol. The standard InChI is InChI=1S/C11H8ClF3N2O4/c12-5-1-7-8(20-3-9(18)16-7)2-6(5)17-10(19)21-4-11(13,14)15/h1-2H,3-4H2,(H,16,18)(H,17,19). The molecular formula is C11H8ClF3N2O4. The Morgan fingerprint density at radius 2 is 2.19 bits per heavy atom. The van der Waals surface area contributed by atoms with Crippen LogP contribution in [0, 0.1) is 0 Å². The Bertz CT molecular complexity index is 592. The zero-order chi connectivity index (χ0) is 15.6. The first kappa shape index (κ1) is 15.2. The fourth-order valence-corrected chi connectivity index (χ4v) is 1.70. The molecule has 0 aromatic heterocycles. The Hall–Kier alpha value is -2.16. The first-order valence-corrected chi connectivity index (χ1v) is 5.89. The van der Waals surface area contributed by atoms with Gasteiger partial charge in [0.2, 0.25) is 0 Å². The molecule has 1 aliphatic heterocycles. The van der Waals surface area contributed by atoms with Crippen LogP contribution in [0.2, 0.25) is 5.02 Å². The molecule has 6 nitrogen and oxygen atoms in total. The molecule has 0 radical (unpaired) electrons. The molecule has 2 N–H and O–H groups in total. The number of fused-ring (bicyclic) bond motifs is 1. The van der Waals surface area contributed by atoms with E-state index in [0.717, 1.165) is 0 Å². The van der Waals surface area contributed by atoms with Crippen molar-refractivity contribution in [1.29, 1.82) is 0 Å². The van der Waals surface area contributed by atoms with Crippen LogP contribution in [0.4, 0.5) is 29.3 Å². The average Bonchev–Trinajstić information content (AvgIpc) is 2.37. The first-order chi connectivity index (χ1) is 9.74. The highest BCUT2D eigenvalue weighted by molar-refractivity contribution is 6.34. The van der Waals surface area contributed by atoms with E-state index in [2.05, 4.69) is 15.4 Å². The lowest BCUT2D eigenvalue weighted by atomic mass is 10.2. The van der Waals surface area contributed by atoms with Crippen LogP contribution < -0.4 is 15.4 Å².